The Morgan fingerprint density at radius 1 is 1.26 bits per heavy atom. The van der Waals surface area contributed by atoms with Gasteiger partial charge in [-0.1, -0.05) is 49.1 Å². The maximum Gasteiger partial charge on any atom is 0.104 e. The van der Waals surface area contributed by atoms with Crippen molar-refractivity contribution in [3.05, 3.63) is 48.0 Å². The molecule has 142 valence electrons. The highest BCUT2D eigenvalue weighted by Gasteiger charge is 2.36. The Kier molecular flexibility index (Phi) is 5.41. The second-order valence-corrected chi connectivity index (χ2v) is 8.62. The van der Waals surface area contributed by atoms with Crippen LogP contribution in [0.5, 0.6) is 0 Å². The smallest absolute Gasteiger partial charge is 0.104 e. The summed E-state index contributed by atoms with van der Waals surface area (Å²) in [6.07, 6.45) is 3.33. The Morgan fingerprint density at radius 2 is 2.04 bits per heavy atom. The molecule has 6 heteroatoms. The summed E-state index contributed by atoms with van der Waals surface area (Å²) in [6.45, 7) is 3.44. The van der Waals surface area contributed by atoms with E-state index in [1.165, 1.54) is 15.5 Å². The molecule has 2 aliphatic heterocycles. The molecule has 27 heavy (non-hydrogen) atoms. The number of thiocarbonyl (C=S) groups is 1. The Balaban J connectivity index is 1.85. The molecular formula is C21H25N3OS2. The van der Waals surface area contributed by atoms with Crippen molar-refractivity contribution < 1.29 is 5.11 Å². The highest BCUT2D eigenvalue weighted by molar-refractivity contribution is 7.99. The van der Waals surface area contributed by atoms with E-state index in [9.17, 15) is 5.11 Å². The number of anilines is 2. The standard InChI is InChI=1S/C21H25N3OS2/c1-2-20(23-11-5-6-15(23)13-25)24-16-7-3-4-8-18(16)27-19-10-9-14(21(22)26)12-17(19)24/h3-4,7-10,12,15,20,25H,2,5-6,11,13H2,1H3,(H2,22,26)/t15-,20?/m0/s1. The molecule has 2 atom stereocenters. The normalized spacial score (nSPS) is 20.2. The van der Waals surface area contributed by atoms with Gasteiger partial charge >= 0.3 is 0 Å². The Hall–Kier alpha value is -1.60. The number of likely N-dealkylation sites (tertiary alicyclic amines) is 1. The summed E-state index contributed by atoms with van der Waals surface area (Å²) in [7, 11) is 0. The van der Waals surface area contributed by atoms with Crippen molar-refractivity contribution in [2.24, 2.45) is 5.73 Å². The van der Waals surface area contributed by atoms with Crippen LogP contribution in [0.2, 0.25) is 0 Å². The van der Waals surface area contributed by atoms with E-state index in [2.05, 4.69) is 53.1 Å². The fourth-order valence-corrected chi connectivity index (χ4v) is 5.45. The molecule has 2 aliphatic rings. The number of hydrogen-bond donors (Lipinski definition) is 2. The first-order valence-corrected chi connectivity index (χ1v) is 10.7. The average molecular weight is 400 g/mol. The number of aliphatic hydroxyl groups is 1. The molecule has 2 heterocycles. The van der Waals surface area contributed by atoms with Gasteiger partial charge in [0.1, 0.15) is 4.99 Å². The van der Waals surface area contributed by atoms with Crippen LogP contribution in [0.4, 0.5) is 11.4 Å². The van der Waals surface area contributed by atoms with Crippen molar-refractivity contribution in [3.63, 3.8) is 0 Å². The van der Waals surface area contributed by atoms with E-state index in [0.717, 1.165) is 37.1 Å². The minimum Gasteiger partial charge on any atom is -0.395 e. The first-order valence-electron chi connectivity index (χ1n) is 9.50. The number of nitrogens with two attached hydrogens (primary N) is 1. The van der Waals surface area contributed by atoms with Gasteiger partial charge in [0.15, 0.2) is 0 Å². The van der Waals surface area contributed by atoms with E-state index >= 15 is 0 Å². The molecule has 2 aromatic rings. The van der Waals surface area contributed by atoms with Gasteiger partial charge in [0, 0.05) is 27.9 Å². The molecule has 0 aromatic heterocycles. The first kappa shape index (κ1) is 18.7. The number of benzene rings is 2. The third-order valence-electron chi connectivity index (χ3n) is 5.53. The Bertz CT molecular complexity index is 857. The zero-order valence-electron chi connectivity index (χ0n) is 15.5. The van der Waals surface area contributed by atoms with Crippen LogP contribution in [0.3, 0.4) is 0 Å². The fourth-order valence-electron chi connectivity index (χ4n) is 4.27. The average Bonchev–Trinajstić information content (AvgIpc) is 3.16. The van der Waals surface area contributed by atoms with Crippen LogP contribution in [-0.2, 0) is 0 Å². The highest BCUT2D eigenvalue weighted by Crippen LogP contribution is 2.50. The lowest BCUT2D eigenvalue weighted by Crippen LogP contribution is -2.50. The minimum absolute atomic E-state index is 0.187. The van der Waals surface area contributed by atoms with Gasteiger partial charge in [0.05, 0.1) is 24.1 Å². The van der Waals surface area contributed by atoms with E-state index in [-0.39, 0.29) is 18.8 Å². The van der Waals surface area contributed by atoms with Gasteiger partial charge in [-0.2, -0.15) is 0 Å². The quantitative estimate of drug-likeness (QED) is 0.738. The maximum atomic E-state index is 9.89. The zero-order valence-corrected chi connectivity index (χ0v) is 17.1. The van der Waals surface area contributed by atoms with Crippen LogP contribution >= 0.6 is 24.0 Å². The van der Waals surface area contributed by atoms with Crippen LogP contribution in [0.25, 0.3) is 0 Å². The van der Waals surface area contributed by atoms with E-state index in [1.807, 2.05) is 6.07 Å². The van der Waals surface area contributed by atoms with Crippen molar-refractivity contribution in [1.29, 1.82) is 0 Å². The summed E-state index contributed by atoms with van der Waals surface area (Å²) in [5.74, 6) is 0. The van der Waals surface area contributed by atoms with E-state index in [1.54, 1.807) is 11.8 Å². The van der Waals surface area contributed by atoms with Crippen LogP contribution in [-0.4, -0.2) is 40.4 Å². The van der Waals surface area contributed by atoms with Crippen LogP contribution in [0, 0.1) is 0 Å². The van der Waals surface area contributed by atoms with Gasteiger partial charge < -0.3 is 15.7 Å². The van der Waals surface area contributed by atoms with Crippen molar-refractivity contribution >= 4 is 40.3 Å². The molecule has 0 aliphatic carbocycles. The van der Waals surface area contributed by atoms with Gasteiger partial charge in [-0.3, -0.25) is 4.90 Å². The predicted octanol–water partition coefficient (Wildman–Crippen LogP) is 4.12. The van der Waals surface area contributed by atoms with Gasteiger partial charge in [0.25, 0.3) is 0 Å². The molecule has 4 rings (SSSR count). The van der Waals surface area contributed by atoms with Crippen molar-refractivity contribution in [2.75, 3.05) is 18.1 Å². The summed E-state index contributed by atoms with van der Waals surface area (Å²) in [5.41, 5.74) is 9.18. The topological polar surface area (TPSA) is 52.7 Å². The summed E-state index contributed by atoms with van der Waals surface area (Å²) in [4.78, 5) is 7.78. The van der Waals surface area contributed by atoms with Gasteiger partial charge in [-0.15, -0.1) is 0 Å². The number of para-hydroxylation sites is 1. The van der Waals surface area contributed by atoms with Crippen molar-refractivity contribution in [3.8, 4) is 0 Å². The first-order chi connectivity index (χ1) is 13.1. The Labute approximate surface area is 170 Å². The Morgan fingerprint density at radius 3 is 2.78 bits per heavy atom. The number of rotatable bonds is 5. The molecule has 3 N–H and O–H groups in total. The van der Waals surface area contributed by atoms with Crippen molar-refractivity contribution in [2.45, 2.75) is 48.2 Å². The fraction of sp³-hybridized carbons (Fsp3) is 0.381. The predicted molar refractivity (Wildman–Crippen MR) is 116 cm³/mol. The van der Waals surface area contributed by atoms with Gasteiger partial charge in [-0.25, -0.2) is 0 Å². The summed E-state index contributed by atoms with van der Waals surface area (Å²) < 4.78 is 0. The largest absolute Gasteiger partial charge is 0.395 e. The molecule has 0 radical (unpaired) electrons. The van der Waals surface area contributed by atoms with Crippen LogP contribution < -0.4 is 10.6 Å². The zero-order chi connectivity index (χ0) is 19.0. The number of hydrogen-bond acceptors (Lipinski definition) is 5. The SMILES string of the molecule is CCC(N1c2ccccc2Sc2ccc(C(N)=S)cc21)N1CCC[C@H]1CO. The minimum atomic E-state index is 0.187. The lowest BCUT2D eigenvalue weighted by atomic mass is 10.1. The number of nitrogens with zero attached hydrogens (tertiary/aromatic N) is 2. The summed E-state index contributed by atoms with van der Waals surface area (Å²) in [5, 5.41) is 9.89. The lowest BCUT2D eigenvalue weighted by Gasteiger charge is -2.44. The highest BCUT2D eigenvalue weighted by atomic mass is 32.2. The molecule has 1 fully saturated rings. The molecule has 0 spiro atoms. The van der Waals surface area contributed by atoms with E-state index in [4.69, 9.17) is 18.0 Å². The second kappa shape index (κ2) is 7.80. The summed E-state index contributed by atoms with van der Waals surface area (Å²) >= 11 is 7.02. The lowest BCUT2D eigenvalue weighted by molar-refractivity contribution is 0.118. The molecule has 1 unspecified atom stereocenters. The van der Waals surface area contributed by atoms with Crippen LogP contribution in [0.15, 0.2) is 52.3 Å². The second-order valence-electron chi connectivity index (χ2n) is 7.09. The van der Waals surface area contributed by atoms with Crippen LogP contribution in [0.1, 0.15) is 31.7 Å². The number of aliphatic hydroxyl groups excluding tert-OH is 1. The maximum absolute atomic E-state index is 9.89. The molecule has 0 bridgehead atoms. The summed E-state index contributed by atoms with van der Waals surface area (Å²) in [6, 6.07) is 15.0. The monoisotopic (exact) mass is 399 g/mol. The molecule has 4 nitrogen and oxygen atoms in total. The molecule has 0 saturated carbocycles. The van der Waals surface area contributed by atoms with Gasteiger partial charge in [0.2, 0.25) is 0 Å². The third kappa shape index (κ3) is 3.36. The molecule has 1 saturated heterocycles. The van der Waals surface area contributed by atoms with Gasteiger partial charge in [-0.05, 0) is 43.5 Å². The number of fused-ring (bicyclic) bond motifs is 2. The van der Waals surface area contributed by atoms with E-state index in [0.29, 0.717) is 4.99 Å². The molecular weight excluding hydrogens is 374 g/mol. The molecule has 2 aromatic carbocycles. The van der Waals surface area contributed by atoms with Crippen molar-refractivity contribution in [1.82, 2.24) is 4.90 Å². The molecule has 0 amide bonds. The third-order valence-corrected chi connectivity index (χ3v) is 6.89. The van der Waals surface area contributed by atoms with E-state index < -0.39 is 0 Å².